The van der Waals surface area contributed by atoms with Gasteiger partial charge in [-0.05, 0) is 30.7 Å². The minimum Gasteiger partial charge on any atom is -0.244 e. The van der Waals surface area contributed by atoms with Crippen LogP contribution in [-0.2, 0) is 6.54 Å². The van der Waals surface area contributed by atoms with E-state index in [-0.39, 0.29) is 5.02 Å². The maximum atomic E-state index is 13.4. The molecule has 0 N–H and O–H groups in total. The average Bonchev–Trinajstić information content (AvgIpc) is 3.07. The van der Waals surface area contributed by atoms with Crippen molar-refractivity contribution in [3.8, 4) is 0 Å². The first-order chi connectivity index (χ1) is 8.15. The summed E-state index contributed by atoms with van der Waals surface area (Å²) in [7, 11) is 0. The van der Waals surface area contributed by atoms with Gasteiger partial charge in [-0.3, -0.25) is 0 Å². The van der Waals surface area contributed by atoms with Crippen LogP contribution in [0.4, 0.5) is 4.39 Å². The van der Waals surface area contributed by atoms with Crippen molar-refractivity contribution in [3.63, 3.8) is 0 Å². The van der Waals surface area contributed by atoms with Crippen molar-refractivity contribution in [3.05, 3.63) is 23.0 Å². The first-order valence-electron chi connectivity index (χ1n) is 5.83. The Labute approximate surface area is 104 Å². The predicted molar refractivity (Wildman–Crippen MR) is 64.4 cm³/mol. The Bertz CT molecular complexity index is 562. The summed E-state index contributed by atoms with van der Waals surface area (Å²) in [5.74, 6) is 0.951. The number of halogens is 2. The monoisotopic (exact) mass is 253 g/mol. The molecule has 17 heavy (non-hydrogen) atoms. The van der Waals surface area contributed by atoms with Gasteiger partial charge in [-0.25, -0.2) is 9.07 Å². The summed E-state index contributed by atoms with van der Waals surface area (Å²) >= 11 is 5.71. The van der Waals surface area contributed by atoms with Crippen LogP contribution in [0.3, 0.4) is 0 Å². The van der Waals surface area contributed by atoms with Crippen molar-refractivity contribution >= 4 is 22.6 Å². The number of benzene rings is 1. The molecule has 1 unspecified atom stereocenters. The molecule has 0 radical (unpaired) electrons. The Balaban J connectivity index is 1.96. The topological polar surface area (TPSA) is 30.7 Å². The fourth-order valence-corrected chi connectivity index (χ4v) is 2.34. The van der Waals surface area contributed by atoms with Crippen molar-refractivity contribution in [1.82, 2.24) is 15.0 Å². The zero-order valence-corrected chi connectivity index (χ0v) is 10.3. The van der Waals surface area contributed by atoms with Gasteiger partial charge in [0.1, 0.15) is 11.3 Å². The molecule has 3 rings (SSSR count). The van der Waals surface area contributed by atoms with Crippen LogP contribution >= 0.6 is 11.6 Å². The highest BCUT2D eigenvalue weighted by atomic mass is 35.5. The lowest BCUT2D eigenvalue weighted by Crippen LogP contribution is -2.10. The van der Waals surface area contributed by atoms with Crippen LogP contribution in [0.25, 0.3) is 11.0 Å². The highest BCUT2D eigenvalue weighted by Gasteiger charge is 2.28. The molecule has 3 nitrogen and oxygen atoms in total. The summed E-state index contributed by atoms with van der Waals surface area (Å²) in [6.07, 6.45) is 2.60. The number of hydrogen-bond donors (Lipinski definition) is 0. The zero-order chi connectivity index (χ0) is 12.0. The van der Waals surface area contributed by atoms with Gasteiger partial charge in [-0.15, -0.1) is 5.10 Å². The van der Waals surface area contributed by atoms with Crippen LogP contribution < -0.4 is 0 Å². The first-order valence-corrected chi connectivity index (χ1v) is 6.21. The summed E-state index contributed by atoms with van der Waals surface area (Å²) in [5.41, 5.74) is 1.37. The minimum atomic E-state index is -0.415. The van der Waals surface area contributed by atoms with Gasteiger partial charge in [0.2, 0.25) is 0 Å². The smallest absolute Gasteiger partial charge is 0.144 e. The zero-order valence-electron chi connectivity index (χ0n) is 9.53. The molecule has 0 aliphatic heterocycles. The SMILES string of the molecule is CC(Cn1nnc2cc(Cl)c(F)cc21)C1CC1. The fourth-order valence-electron chi connectivity index (χ4n) is 2.18. The quantitative estimate of drug-likeness (QED) is 0.841. The van der Waals surface area contributed by atoms with Crippen LogP contribution in [0, 0.1) is 17.7 Å². The van der Waals surface area contributed by atoms with Crippen molar-refractivity contribution in [1.29, 1.82) is 0 Å². The molecule has 1 aromatic heterocycles. The van der Waals surface area contributed by atoms with Crippen LogP contribution in [-0.4, -0.2) is 15.0 Å². The second kappa shape index (κ2) is 3.95. The fraction of sp³-hybridized carbons (Fsp3) is 0.500. The van der Waals surface area contributed by atoms with E-state index in [1.807, 2.05) is 0 Å². The molecule has 1 aliphatic rings. The van der Waals surface area contributed by atoms with E-state index in [9.17, 15) is 4.39 Å². The molecule has 1 aliphatic carbocycles. The lowest BCUT2D eigenvalue weighted by molar-refractivity contribution is 0.407. The van der Waals surface area contributed by atoms with E-state index in [4.69, 9.17) is 11.6 Å². The number of hydrogen-bond acceptors (Lipinski definition) is 2. The summed E-state index contributed by atoms with van der Waals surface area (Å²) < 4.78 is 15.2. The molecule has 0 amide bonds. The standard InChI is InChI=1S/C12H13ClFN3/c1-7(8-2-3-8)6-17-12-5-10(14)9(13)4-11(12)15-16-17/h4-5,7-8H,2-3,6H2,1H3. The molecule has 1 saturated carbocycles. The predicted octanol–water partition coefficient (Wildman–Crippen LogP) is 3.27. The van der Waals surface area contributed by atoms with Gasteiger partial charge in [0.25, 0.3) is 0 Å². The van der Waals surface area contributed by atoms with Crippen molar-refractivity contribution in [2.75, 3.05) is 0 Å². The molecule has 0 saturated heterocycles. The van der Waals surface area contributed by atoms with Crippen LogP contribution in [0.5, 0.6) is 0 Å². The second-order valence-corrected chi connectivity index (χ2v) is 5.25. The molecule has 0 spiro atoms. The van der Waals surface area contributed by atoms with E-state index in [0.29, 0.717) is 11.4 Å². The third kappa shape index (κ3) is 2.02. The van der Waals surface area contributed by atoms with Gasteiger partial charge in [-0.2, -0.15) is 0 Å². The van der Waals surface area contributed by atoms with E-state index in [2.05, 4.69) is 17.2 Å². The molecule has 0 bridgehead atoms. The number of rotatable bonds is 3. The average molecular weight is 254 g/mol. The molecule has 1 heterocycles. The molecular weight excluding hydrogens is 241 g/mol. The van der Waals surface area contributed by atoms with Gasteiger partial charge < -0.3 is 0 Å². The molecule has 1 aromatic carbocycles. The van der Waals surface area contributed by atoms with Gasteiger partial charge in [-0.1, -0.05) is 23.7 Å². The second-order valence-electron chi connectivity index (χ2n) is 4.84. The van der Waals surface area contributed by atoms with E-state index in [0.717, 1.165) is 18.0 Å². The summed E-state index contributed by atoms with van der Waals surface area (Å²) in [5, 5.41) is 8.18. The van der Waals surface area contributed by atoms with Gasteiger partial charge >= 0.3 is 0 Å². The third-order valence-corrected chi connectivity index (χ3v) is 3.73. The van der Waals surface area contributed by atoms with E-state index in [1.165, 1.54) is 25.0 Å². The van der Waals surface area contributed by atoms with Crippen molar-refractivity contribution in [2.45, 2.75) is 26.3 Å². The Kier molecular flexibility index (Phi) is 2.54. The summed E-state index contributed by atoms with van der Waals surface area (Å²) in [6.45, 7) is 3.00. The highest BCUT2D eigenvalue weighted by Crippen LogP contribution is 2.37. The lowest BCUT2D eigenvalue weighted by Gasteiger charge is -2.09. The van der Waals surface area contributed by atoms with Gasteiger partial charge in [0.15, 0.2) is 0 Å². The highest BCUT2D eigenvalue weighted by molar-refractivity contribution is 6.31. The van der Waals surface area contributed by atoms with Crippen LogP contribution in [0.1, 0.15) is 19.8 Å². The lowest BCUT2D eigenvalue weighted by atomic mass is 10.1. The van der Waals surface area contributed by atoms with Crippen molar-refractivity contribution < 1.29 is 4.39 Å². The molecule has 5 heteroatoms. The third-order valence-electron chi connectivity index (χ3n) is 3.44. The van der Waals surface area contributed by atoms with Crippen molar-refractivity contribution in [2.24, 2.45) is 11.8 Å². The molecule has 2 aromatic rings. The normalized spacial score (nSPS) is 17.6. The maximum absolute atomic E-state index is 13.4. The van der Waals surface area contributed by atoms with E-state index in [1.54, 1.807) is 4.68 Å². The number of nitrogens with zero attached hydrogens (tertiary/aromatic N) is 3. The van der Waals surface area contributed by atoms with Gasteiger partial charge in [0, 0.05) is 12.6 Å². The number of fused-ring (bicyclic) bond motifs is 1. The molecule has 1 atom stereocenters. The van der Waals surface area contributed by atoms with Crippen LogP contribution in [0.2, 0.25) is 5.02 Å². The van der Waals surface area contributed by atoms with Crippen LogP contribution in [0.15, 0.2) is 12.1 Å². The Morgan fingerprint density at radius 1 is 1.53 bits per heavy atom. The Morgan fingerprint density at radius 3 is 3.00 bits per heavy atom. The largest absolute Gasteiger partial charge is 0.244 e. The minimum absolute atomic E-state index is 0.0970. The Morgan fingerprint density at radius 2 is 2.29 bits per heavy atom. The number of aromatic nitrogens is 3. The van der Waals surface area contributed by atoms with E-state index < -0.39 is 5.82 Å². The molecular formula is C12H13ClFN3. The summed E-state index contributed by atoms with van der Waals surface area (Å²) in [4.78, 5) is 0. The van der Waals surface area contributed by atoms with Gasteiger partial charge in [0.05, 0.1) is 10.5 Å². The molecule has 90 valence electrons. The first kappa shape index (κ1) is 11.0. The van der Waals surface area contributed by atoms with E-state index >= 15 is 0 Å². The Hall–Kier alpha value is -1.16. The maximum Gasteiger partial charge on any atom is 0.144 e. The molecule has 1 fully saturated rings. The summed E-state index contributed by atoms with van der Waals surface area (Å²) in [6, 6.07) is 2.94.